The quantitative estimate of drug-likeness (QED) is 0.653. The Kier molecular flexibility index (Phi) is 4.51. The predicted molar refractivity (Wildman–Crippen MR) is 84.3 cm³/mol. The van der Waals surface area contributed by atoms with Crippen molar-refractivity contribution < 1.29 is 9.59 Å². The van der Waals surface area contributed by atoms with Crippen LogP contribution in [0, 0.1) is 0 Å². The summed E-state index contributed by atoms with van der Waals surface area (Å²) in [6.07, 6.45) is 3.15. The van der Waals surface area contributed by atoms with Gasteiger partial charge in [0.05, 0.1) is 0 Å². The summed E-state index contributed by atoms with van der Waals surface area (Å²) >= 11 is 0. The van der Waals surface area contributed by atoms with Gasteiger partial charge in [0, 0.05) is 23.9 Å². The summed E-state index contributed by atoms with van der Waals surface area (Å²) in [5, 5.41) is 2.99. The Balaban J connectivity index is 2.14. The van der Waals surface area contributed by atoms with Gasteiger partial charge in [0.2, 0.25) is 5.91 Å². The van der Waals surface area contributed by atoms with Gasteiger partial charge in [0.15, 0.2) is 5.78 Å². The number of carbonyl (C=O) groups excluding carboxylic acids is 2. The molecule has 0 saturated heterocycles. The van der Waals surface area contributed by atoms with Gasteiger partial charge in [-0.2, -0.15) is 0 Å². The summed E-state index contributed by atoms with van der Waals surface area (Å²) in [5.74, 6) is -0.582. The molecular weight excluding hydrogens is 264 g/mol. The minimum absolute atomic E-state index is 0.0952. The third kappa shape index (κ3) is 3.79. The SMILES string of the molecule is CNc1ccc(C(=O)/C=C/c2cccc(C(N)=O)c2)cc1. The first-order chi connectivity index (χ1) is 10.1. The first-order valence-electron chi connectivity index (χ1n) is 6.50. The van der Waals surface area contributed by atoms with Crippen LogP contribution >= 0.6 is 0 Å². The molecule has 106 valence electrons. The van der Waals surface area contributed by atoms with Gasteiger partial charge in [-0.25, -0.2) is 0 Å². The van der Waals surface area contributed by atoms with E-state index in [9.17, 15) is 9.59 Å². The van der Waals surface area contributed by atoms with Gasteiger partial charge in [0.1, 0.15) is 0 Å². The number of amides is 1. The van der Waals surface area contributed by atoms with E-state index in [2.05, 4.69) is 5.32 Å². The lowest BCUT2D eigenvalue weighted by Crippen LogP contribution is -2.10. The molecule has 2 aromatic rings. The number of ketones is 1. The van der Waals surface area contributed by atoms with Gasteiger partial charge in [-0.1, -0.05) is 18.2 Å². The third-order valence-electron chi connectivity index (χ3n) is 3.06. The highest BCUT2D eigenvalue weighted by Gasteiger charge is 2.02. The van der Waals surface area contributed by atoms with E-state index in [0.29, 0.717) is 11.1 Å². The van der Waals surface area contributed by atoms with Gasteiger partial charge < -0.3 is 11.1 Å². The van der Waals surface area contributed by atoms with Crippen LogP contribution in [0.3, 0.4) is 0 Å². The molecule has 3 N–H and O–H groups in total. The molecule has 0 aromatic heterocycles. The molecule has 4 heteroatoms. The number of hydrogen-bond acceptors (Lipinski definition) is 3. The van der Waals surface area contributed by atoms with Crippen LogP contribution in [-0.4, -0.2) is 18.7 Å². The Morgan fingerprint density at radius 1 is 1.05 bits per heavy atom. The second kappa shape index (κ2) is 6.52. The van der Waals surface area contributed by atoms with E-state index in [0.717, 1.165) is 11.3 Å². The predicted octanol–water partition coefficient (Wildman–Crippen LogP) is 2.72. The first-order valence-corrected chi connectivity index (χ1v) is 6.50. The van der Waals surface area contributed by atoms with Gasteiger partial charge in [-0.15, -0.1) is 0 Å². The monoisotopic (exact) mass is 280 g/mol. The van der Waals surface area contributed by atoms with Crippen LogP contribution < -0.4 is 11.1 Å². The maximum Gasteiger partial charge on any atom is 0.248 e. The van der Waals surface area contributed by atoms with Gasteiger partial charge >= 0.3 is 0 Å². The number of nitrogens with one attached hydrogen (secondary N) is 1. The smallest absolute Gasteiger partial charge is 0.248 e. The third-order valence-corrected chi connectivity index (χ3v) is 3.06. The maximum absolute atomic E-state index is 12.0. The van der Waals surface area contributed by atoms with Crippen molar-refractivity contribution >= 4 is 23.5 Å². The van der Waals surface area contributed by atoms with E-state index in [-0.39, 0.29) is 5.78 Å². The molecule has 0 unspecified atom stereocenters. The average molecular weight is 280 g/mol. The summed E-state index contributed by atoms with van der Waals surface area (Å²) in [6, 6.07) is 14.0. The number of benzene rings is 2. The zero-order chi connectivity index (χ0) is 15.2. The van der Waals surface area contributed by atoms with Crippen LogP contribution in [-0.2, 0) is 0 Å². The van der Waals surface area contributed by atoms with E-state index in [1.54, 1.807) is 42.5 Å². The Morgan fingerprint density at radius 3 is 2.38 bits per heavy atom. The van der Waals surface area contributed by atoms with Crippen molar-refractivity contribution in [2.45, 2.75) is 0 Å². The fraction of sp³-hybridized carbons (Fsp3) is 0.0588. The molecule has 1 amide bonds. The largest absolute Gasteiger partial charge is 0.388 e. The highest BCUT2D eigenvalue weighted by Crippen LogP contribution is 2.11. The van der Waals surface area contributed by atoms with Crippen molar-refractivity contribution in [1.82, 2.24) is 0 Å². The molecule has 4 nitrogen and oxygen atoms in total. The summed E-state index contributed by atoms with van der Waals surface area (Å²) in [7, 11) is 1.82. The topological polar surface area (TPSA) is 72.2 Å². The lowest BCUT2D eigenvalue weighted by molar-refractivity contribution is 0.0999. The average Bonchev–Trinajstić information content (AvgIpc) is 2.53. The molecule has 0 saturated carbocycles. The van der Waals surface area contributed by atoms with Gasteiger partial charge in [-0.3, -0.25) is 9.59 Å². The van der Waals surface area contributed by atoms with Crippen LogP contribution in [0.4, 0.5) is 5.69 Å². The molecule has 0 atom stereocenters. The van der Waals surface area contributed by atoms with Crippen molar-refractivity contribution in [3.63, 3.8) is 0 Å². The molecule has 2 aromatic carbocycles. The molecular formula is C17H16N2O2. The van der Waals surface area contributed by atoms with E-state index >= 15 is 0 Å². The van der Waals surface area contributed by atoms with Crippen molar-refractivity contribution in [1.29, 1.82) is 0 Å². The number of carbonyl (C=O) groups is 2. The molecule has 0 heterocycles. The van der Waals surface area contributed by atoms with Crippen molar-refractivity contribution in [3.05, 3.63) is 71.3 Å². The normalized spacial score (nSPS) is 10.5. The minimum Gasteiger partial charge on any atom is -0.388 e. The number of rotatable bonds is 5. The maximum atomic E-state index is 12.0. The minimum atomic E-state index is -0.487. The van der Waals surface area contributed by atoms with Gasteiger partial charge in [0.25, 0.3) is 0 Å². The Hall–Kier alpha value is -2.88. The molecule has 2 rings (SSSR count). The second-order valence-electron chi connectivity index (χ2n) is 4.51. The molecule has 0 aliphatic heterocycles. The van der Waals surface area contributed by atoms with Crippen LogP contribution in [0.1, 0.15) is 26.3 Å². The number of nitrogens with two attached hydrogens (primary N) is 1. The van der Waals surface area contributed by atoms with Crippen LogP contribution in [0.2, 0.25) is 0 Å². The molecule has 21 heavy (non-hydrogen) atoms. The first kappa shape index (κ1) is 14.5. The lowest BCUT2D eigenvalue weighted by atomic mass is 10.1. The molecule has 0 spiro atoms. The van der Waals surface area contributed by atoms with Crippen molar-refractivity contribution in [2.75, 3.05) is 12.4 Å². The highest BCUT2D eigenvalue weighted by molar-refractivity contribution is 6.07. The van der Waals surface area contributed by atoms with Crippen molar-refractivity contribution in [2.24, 2.45) is 5.73 Å². The second-order valence-corrected chi connectivity index (χ2v) is 4.51. The zero-order valence-corrected chi connectivity index (χ0v) is 11.7. The highest BCUT2D eigenvalue weighted by atomic mass is 16.1. The molecule has 0 aliphatic carbocycles. The van der Waals surface area contributed by atoms with Gasteiger partial charge in [-0.05, 0) is 48.0 Å². The number of anilines is 1. The molecule has 0 bridgehead atoms. The summed E-state index contributed by atoms with van der Waals surface area (Å²) in [6.45, 7) is 0. The number of primary amides is 1. The van der Waals surface area contributed by atoms with Crippen molar-refractivity contribution in [3.8, 4) is 0 Å². The summed E-state index contributed by atoms with van der Waals surface area (Å²) in [4.78, 5) is 23.1. The number of hydrogen-bond donors (Lipinski definition) is 2. The standard InChI is InChI=1S/C17H16N2O2/c1-19-15-8-6-13(7-9-15)16(20)10-5-12-3-2-4-14(11-12)17(18)21/h2-11,19H,1H3,(H2,18,21)/b10-5+. The molecule has 0 aliphatic rings. The zero-order valence-electron chi connectivity index (χ0n) is 11.7. The van der Waals surface area contributed by atoms with E-state index in [1.165, 1.54) is 6.08 Å². The Morgan fingerprint density at radius 2 is 1.76 bits per heavy atom. The summed E-state index contributed by atoms with van der Waals surface area (Å²) < 4.78 is 0. The number of allylic oxidation sites excluding steroid dienone is 1. The Labute approximate surface area is 123 Å². The molecule has 0 radical (unpaired) electrons. The lowest BCUT2D eigenvalue weighted by Gasteiger charge is -2.01. The fourth-order valence-corrected chi connectivity index (χ4v) is 1.86. The van der Waals surface area contributed by atoms with Crippen LogP contribution in [0.25, 0.3) is 6.08 Å². The van der Waals surface area contributed by atoms with E-state index < -0.39 is 5.91 Å². The summed E-state index contributed by atoms with van der Waals surface area (Å²) in [5.41, 5.74) is 7.95. The van der Waals surface area contributed by atoms with E-state index in [4.69, 9.17) is 5.73 Å². The molecule has 0 fully saturated rings. The van der Waals surface area contributed by atoms with E-state index in [1.807, 2.05) is 19.2 Å². The van der Waals surface area contributed by atoms with Crippen LogP contribution in [0.15, 0.2) is 54.6 Å². The Bertz CT molecular complexity index is 688. The van der Waals surface area contributed by atoms with Crippen LogP contribution in [0.5, 0.6) is 0 Å². The fourth-order valence-electron chi connectivity index (χ4n) is 1.86.